The van der Waals surface area contributed by atoms with Crippen LogP contribution in [0, 0.1) is 10.8 Å². The summed E-state index contributed by atoms with van der Waals surface area (Å²) in [5, 5.41) is 3.51. The molecule has 0 saturated heterocycles. The van der Waals surface area contributed by atoms with Crippen LogP contribution in [0.25, 0.3) is 0 Å². The molecular weight excluding hydrogens is 322 g/mol. The summed E-state index contributed by atoms with van der Waals surface area (Å²) in [7, 11) is 0. The predicted molar refractivity (Wildman–Crippen MR) is 102 cm³/mol. The van der Waals surface area contributed by atoms with Gasteiger partial charge in [-0.1, -0.05) is 58.0 Å². The first-order chi connectivity index (χ1) is 12.2. The van der Waals surface area contributed by atoms with Crippen molar-refractivity contribution < 1.29 is 9.59 Å². The van der Waals surface area contributed by atoms with Gasteiger partial charge in [-0.25, -0.2) is 0 Å². The number of nitrogens with one attached hydrogen (secondary N) is 1. The summed E-state index contributed by atoms with van der Waals surface area (Å²) < 4.78 is 0. The molecule has 1 aromatic rings. The molecule has 0 amide bonds. The SMILES string of the molecule is CC1(C)CCC2=C(C1=O)C(c1ccccc1)C1=C(CCC(C)(C)C1=O)N2. The topological polar surface area (TPSA) is 46.2 Å². The third-order valence-electron chi connectivity index (χ3n) is 6.38. The number of carbonyl (C=O) groups excluding carboxylic acids is 2. The van der Waals surface area contributed by atoms with Crippen molar-refractivity contribution in [3.05, 3.63) is 58.4 Å². The Morgan fingerprint density at radius 2 is 1.27 bits per heavy atom. The number of rotatable bonds is 1. The molecule has 1 aliphatic heterocycles. The molecule has 0 unspecified atom stereocenters. The van der Waals surface area contributed by atoms with E-state index in [4.69, 9.17) is 0 Å². The van der Waals surface area contributed by atoms with Crippen molar-refractivity contribution >= 4 is 11.6 Å². The molecule has 1 aromatic carbocycles. The van der Waals surface area contributed by atoms with Crippen molar-refractivity contribution in [2.45, 2.75) is 59.3 Å². The van der Waals surface area contributed by atoms with Crippen LogP contribution in [-0.4, -0.2) is 11.6 Å². The lowest BCUT2D eigenvalue weighted by Crippen LogP contribution is -2.44. The van der Waals surface area contributed by atoms with Crippen LogP contribution >= 0.6 is 0 Å². The highest BCUT2D eigenvalue weighted by Gasteiger charge is 2.48. The Balaban J connectivity index is 1.93. The van der Waals surface area contributed by atoms with Crippen LogP contribution in [0.15, 0.2) is 52.9 Å². The average molecular weight is 349 g/mol. The normalized spacial score (nSPS) is 24.9. The van der Waals surface area contributed by atoms with Gasteiger partial charge in [0.1, 0.15) is 0 Å². The number of hydrogen-bond acceptors (Lipinski definition) is 3. The molecule has 26 heavy (non-hydrogen) atoms. The molecule has 0 bridgehead atoms. The maximum Gasteiger partial charge on any atom is 0.167 e. The maximum absolute atomic E-state index is 13.4. The minimum Gasteiger partial charge on any atom is -0.362 e. The second kappa shape index (κ2) is 5.67. The average Bonchev–Trinajstić information content (AvgIpc) is 2.61. The van der Waals surface area contributed by atoms with Crippen molar-refractivity contribution in [1.82, 2.24) is 5.32 Å². The van der Waals surface area contributed by atoms with E-state index in [0.29, 0.717) is 0 Å². The molecule has 136 valence electrons. The first kappa shape index (κ1) is 17.3. The maximum atomic E-state index is 13.4. The van der Waals surface area contributed by atoms with Gasteiger partial charge in [-0.15, -0.1) is 0 Å². The number of benzene rings is 1. The zero-order valence-electron chi connectivity index (χ0n) is 16.1. The first-order valence-corrected chi connectivity index (χ1v) is 9.60. The van der Waals surface area contributed by atoms with Crippen molar-refractivity contribution in [3.63, 3.8) is 0 Å². The summed E-state index contributed by atoms with van der Waals surface area (Å²) in [5.74, 6) is 0.132. The molecule has 1 heterocycles. The number of carbonyl (C=O) groups is 2. The van der Waals surface area contributed by atoms with Crippen molar-refractivity contribution in [3.8, 4) is 0 Å². The number of dihydropyridines is 1. The lowest BCUT2D eigenvalue weighted by Gasteiger charge is -2.44. The van der Waals surface area contributed by atoms with E-state index in [2.05, 4.69) is 17.4 Å². The summed E-state index contributed by atoms with van der Waals surface area (Å²) in [5.41, 5.74) is 4.00. The predicted octanol–water partition coefficient (Wildman–Crippen LogP) is 4.66. The highest BCUT2D eigenvalue weighted by molar-refractivity contribution is 6.09. The van der Waals surface area contributed by atoms with Gasteiger partial charge in [0, 0.05) is 39.3 Å². The van der Waals surface area contributed by atoms with Crippen LogP contribution in [0.5, 0.6) is 0 Å². The molecule has 0 radical (unpaired) electrons. The van der Waals surface area contributed by atoms with Crippen LogP contribution in [0.1, 0.15) is 64.9 Å². The molecule has 1 N–H and O–H groups in total. The highest BCUT2D eigenvalue weighted by atomic mass is 16.1. The van der Waals surface area contributed by atoms with Gasteiger partial charge < -0.3 is 5.32 Å². The Labute approximate surface area is 155 Å². The quantitative estimate of drug-likeness (QED) is 0.802. The van der Waals surface area contributed by atoms with Crippen molar-refractivity contribution in [2.24, 2.45) is 10.8 Å². The number of ketones is 2. The molecule has 0 spiro atoms. The van der Waals surface area contributed by atoms with Crippen LogP contribution < -0.4 is 5.32 Å². The fourth-order valence-electron chi connectivity index (χ4n) is 4.55. The largest absolute Gasteiger partial charge is 0.362 e. The Bertz CT molecular complexity index is 803. The minimum atomic E-state index is -0.376. The van der Waals surface area contributed by atoms with E-state index in [1.165, 1.54) is 0 Å². The molecule has 3 heteroatoms. The van der Waals surface area contributed by atoms with Gasteiger partial charge in [-0.2, -0.15) is 0 Å². The Hall–Kier alpha value is -2.16. The third-order valence-corrected chi connectivity index (χ3v) is 6.38. The minimum absolute atomic E-state index is 0.183. The molecule has 0 fully saturated rings. The van der Waals surface area contributed by atoms with Gasteiger partial charge in [-0.3, -0.25) is 9.59 Å². The second-order valence-electron chi connectivity index (χ2n) is 9.18. The summed E-state index contributed by atoms with van der Waals surface area (Å²) in [4.78, 5) is 26.8. The number of hydrogen-bond donors (Lipinski definition) is 1. The molecule has 3 aliphatic rings. The second-order valence-corrected chi connectivity index (χ2v) is 9.18. The standard InChI is InChI=1S/C23H27NO2/c1-22(2)12-10-15-18(20(22)25)17(14-8-6-5-7-9-14)19-16(24-15)11-13-23(3,4)21(19)26/h5-9,17,24H,10-13H2,1-4H3. The Morgan fingerprint density at radius 3 is 1.73 bits per heavy atom. The molecule has 4 rings (SSSR count). The van der Waals surface area contributed by atoms with E-state index in [-0.39, 0.29) is 28.3 Å². The van der Waals surface area contributed by atoms with Crippen LogP contribution in [0.4, 0.5) is 0 Å². The van der Waals surface area contributed by atoms with E-state index in [1.54, 1.807) is 0 Å². The van der Waals surface area contributed by atoms with Gasteiger partial charge in [0.15, 0.2) is 11.6 Å². The molecule has 0 aromatic heterocycles. The summed E-state index contributed by atoms with van der Waals surface area (Å²) >= 11 is 0. The van der Waals surface area contributed by atoms with E-state index < -0.39 is 0 Å². The monoisotopic (exact) mass is 349 g/mol. The van der Waals surface area contributed by atoms with E-state index in [1.807, 2.05) is 45.9 Å². The van der Waals surface area contributed by atoms with Crippen LogP contribution in [-0.2, 0) is 9.59 Å². The molecule has 3 nitrogen and oxygen atoms in total. The highest BCUT2D eigenvalue weighted by Crippen LogP contribution is 2.51. The Morgan fingerprint density at radius 1 is 0.808 bits per heavy atom. The molecular formula is C23H27NO2. The van der Waals surface area contributed by atoms with Gasteiger partial charge in [-0.05, 0) is 31.2 Å². The zero-order chi connectivity index (χ0) is 18.7. The lowest BCUT2D eigenvalue weighted by atomic mass is 9.62. The molecule has 2 aliphatic carbocycles. The zero-order valence-corrected chi connectivity index (χ0v) is 16.1. The van der Waals surface area contributed by atoms with E-state index in [9.17, 15) is 9.59 Å². The van der Waals surface area contributed by atoms with E-state index in [0.717, 1.165) is 53.8 Å². The van der Waals surface area contributed by atoms with Crippen LogP contribution in [0.2, 0.25) is 0 Å². The first-order valence-electron chi connectivity index (χ1n) is 9.60. The fraction of sp³-hybridized carbons (Fsp3) is 0.478. The third kappa shape index (κ3) is 2.48. The van der Waals surface area contributed by atoms with Gasteiger partial charge in [0.05, 0.1) is 0 Å². The Kier molecular flexibility index (Phi) is 3.76. The molecule has 0 atom stereocenters. The van der Waals surface area contributed by atoms with Crippen molar-refractivity contribution in [2.75, 3.05) is 0 Å². The number of Topliss-reactive ketones (excluding diaryl/α,β-unsaturated/α-hetero) is 2. The van der Waals surface area contributed by atoms with Crippen molar-refractivity contribution in [1.29, 1.82) is 0 Å². The molecule has 0 saturated carbocycles. The van der Waals surface area contributed by atoms with Crippen LogP contribution in [0.3, 0.4) is 0 Å². The van der Waals surface area contributed by atoms with E-state index >= 15 is 0 Å². The summed E-state index contributed by atoms with van der Waals surface area (Å²) in [6, 6.07) is 10.1. The van der Waals surface area contributed by atoms with Gasteiger partial charge >= 0.3 is 0 Å². The van der Waals surface area contributed by atoms with Gasteiger partial charge in [0.2, 0.25) is 0 Å². The van der Waals surface area contributed by atoms with Gasteiger partial charge in [0.25, 0.3) is 0 Å². The fourth-order valence-corrected chi connectivity index (χ4v) is 4.55. The smallest absolute Gasteiger partial charge is 0.167 e. The lowest BCUT2D eigenvalue weighted by molar-refractivity contribution is -0.125. The summed E-state index contributed by atoms with van der Waals surface area (Å²) in [6.07, 6.45) is 3.43. The summed E-state index contributed by atoms with van der Waals surface area (Å²) in [6.45, 7) is 8.10. The number of allylic oxidation sites excluding steroid dienone is 4.